The van der Waals surface area contributed by atoms with Gasteiger partial charge in [0.25, 0.3) is 0 Å². The number of nitrogens with one attached hydrogen (secondary N) is 1. The van der Waals surface area contributed by atoms with Gasteiger partial charge in [0.15, 0.2) is 5.65 Å². The van der Waals surface area contributed by atoms with Gasteiger partial charge in [-0.2, -0.15) is 18.3 Å². The minimum Gasteiger partial charge on any atom is -0.325 e. The molecule has 29 heavy (non-hydrogen) atoms. The van der Waals surface area contributed by atoms with Crippen molar-refractivity contribution in [3.63, 3.8) is 0 Å². The number of fused-ring (bicyclic) bond motifs is 1. The number of hydrogen-bond acceptors (Lipinski definition) is 3. The van der Waals surface area contributed by atoms with Crippen molar-refractivity contribution in [3.8, 4) is 11.1 Å². The predicted octanol–water partition coefficient (Wildman–Crippen LogP) is 4.60. The van der Waals surface area contributed by atoms with Crippen LogP contribution < -0.4 is 5.32 Å². The van der Waals surface area contributed by atoms with Gasteiger partial charge in [0.05, 0.1) is 17.7 Å². The molecule has 146 valence electrons. The van der Waals surface area contributed by atoms with Gasteiger partial charge in [0.1, 0.15) is 6.33 Å². The molecule has 0 bridgehead atoms. The highest BCUT2D eigenvalue weighted by Gasteiger charge is 2.33. The minimum absolute atomic E-state index is 0.0321. The third-order valence-electron chi connectivity index (χ3n) is 4.44. The Balaban J connectivity index is 1.47. The Morgan fingerprint density at radius 3 is 2.52 bits per heavy atom. The molecule has 1 amide bonds. The summed E-state index contributed by atoms with van der Waals surface area (Å²) in [6.07, 6.45) is -1.29. The molecular weight excluding hydrogens is 381 g/mol. The smallest absolute Gasteiger partial charge is 0.325 e. The molecule has 0 unspecified atom stereocenters. The maximum Gasteiger partial charge on any atom is 0.418 e. The number of amides is 1. The average Bonchev–Trinajstić information content (AvgIpc) is 3.16. The Morgan fingerprint density at radius 2 is 1.76 bits per heavy atom. The maximum atomic E-state index is 13.0. The summed E-state index contributed by atoms with van der Waals surface area (Å²) in [5, 5.41) is 6.40. The summed E-state index contributed by atoms with van der Waals surface area (Å²) in [5.74, 6) is -0.515. The van der Waals surface area contributed by atoms with Crippen LogP contribution in [0.25, 0.3) is 16.8 Å². The van der Waals surface area contributed by atoms with E-state index in [1.54, 1.807) is 22.8 Å². The van der Waals surface area contributed by atoms with Crippen molar-refractivity contribution in [1.82, 2.24) is 14.6 Å². The van der Waals surface area contributed by atoms with Crippen LogP contribution in [0.3, 0.4) is 0 Å². The number of alkyl halides is 3. The molecular formula is C21H15F3N4O. The van der Waals surface area contributed by atoms with E-state index in [1.807, 2.05) is 24.3 Å². The van der Waals surface area contributed by atoms with E-state index < -0.39 is 17.6 Å². The molecule has 2 heterocycles. The molecule has 0 radical (unpaired) electrons. The van der Waals surface area contributed by atoms with Crippen LogP contribution in [-0.4, -0.2) is 20.5 Å². The molecule has 2 aromatic carbocycles. The van der Waals surface area contributed by atoms with E-state index in [0.29, 0.717) is 11.2 Å². The summed E-state index contributed by atoms with van der Waals surface area (Å²) in [6.45, 7) is 0. The SMILES string of the molecule is O=C(Cc1ccc(-c2ccn3ncnc3c2)cc1)Nc1ccccc1C(F)(F)F. The number of nitrogens with zero attached hydrogens (tertiary/aromatic N) is 3. The lowest BCUT2D eigenvalue weighted by molar-refractivity contribution is -0.137. The fraction of sp³-hybridized carbons (Fsp3) is 0.0952. The number of aromatic nitrogens is 3. The summed E-state index contributed by atoms with van der Waals surface area (Å²) in [5.41, 5.74) is 2.17. The molecule has 2 aromatic heterocycles. The molecule has 0 fully saturated rings. The van der Waals surface area contributed by atoms with Gasteiger partial charge < -0.3 is 5.32 Å². The van der Waals surface area contributed by atoms with Gasteiger partial charge in [-0.3, -0.25) is 4.79 Å². The second-order valence-electron chi connectivity index (χ2n) is 6.44. The van der Waals surface area contributed by atoms with Crippen LogP contribution in [0, 0.1) is 0 Å². The lowest BCUT2D eigenvalue weighted by Gasteiger charge is -2.13. The van der Waals surface area contributed by atoms with Gasteiger partial charge in [-0.05, 0) is 41.0 Å². The molecule has 0 aliphatic heterocycles. The van der Waals surface area contributed by atoms with Crippen molar-refractivity contribution in [2.75, 3.05) is 5.32 Å². The Bertz CT molecular complexity index is 1170. The molecule has 4 rings (SSSR count). The summed E-state index contributed by atoms with van der Waals surface area (Å²) in [6, 6.07) is 16.0. The largest absolute Gasteiger partial charge is 0.418 e. The van der Waals surface area contributed by atoms with Crippen LogP contribution >= 0.6 is 0 Å². The molecule has 5 nitrogen and oxygen atoms in total. The van der Waals surface area contributed by atoms with Crippen LogP contribution in [0.15, 0.2) is 73.2 Å². The Hall–Kier alpha value is -3.68. The number of pyridine rings is 1. The van der Waals surface area contributed by atoms with Crippen molar-refractivity contribution in [2.45, 2.75) is 12.6 Å². The highest BCUT2D eigenvalue weighted by Crippen LogP contribution is 2.34. The molecule has 0 aliphatic carbocycles. The van der Waals surface area contributed by atoms with Crippen molar-refractivity contribution >= 4 is 17.2 Å². The Morgan fingerprint density at radius 1 is 1.00 bits per heavy atom. The van der Waals surface area contributed by atoms with E-state index in [1.165, 1.54) is 24.5 Å². The van der Waals surface area contributed by atoms with Crippen LogP contribution in [0.2, 0.25) is 0 Å². The third kappa shape index (κ3) is 4.11. The number of halogens is 3. The lowest BCUT2D eigenvalue weighted by atomic mass is 10.0. The fourth-order valence-electron chi connectivity index (χ4n) is 3.03. The Labute approximate surface area is 163 Å². The minimum atomic E-state index is -4.53. The second-order valence-corrected chi connectivity index (χ2v) is 6.44. The first kappa shape index (κ1) is 18.7. The summed E-state index contributed by atoms with van der Waals surface area (Å²) >= 11 is 0. The molecule has 0 atom stereocenters. The van der Waals surface area contributed by atoms with Crippen LogP contribution in [0.5, 0.6) is 0 Å². The molecule has 1 N–H and O–H groups in total. The normalized spacial score (nSPS) is 11.6. The van der Waals surface area contributed by atoms with Gasteiger partial charge in [0.2, 0.25) is 5.91 Å². The number of benzene rings is 2. The quantitative estimate of drug-likeness (QED) is 0.549. The zero-order chi connectivity index (χ0) is 20.4. The van der Waals surface area contributed by atoms with Crippen LogP contribution in [0.4, 0.5) is 18.9 Å². The lowest BCUT2D eigenvalue weighted by Crippen LogP contribution is -2.18. The van der Waals surface area contributed by atoms with Gasteiger partial charge in [0, 0.05) is 6.20 Å². The first-order valence-corrected chi connectivity index (χ1v) is 8.75. The number of hydrogen-bond donors (Lipinski definition) is 1. The van der Waals surface area contributed by atoms with Crippen molar-refractivity contribution < 1.29 is 18.0 Å². The van der Waals surface area contributed by atoms with E-state index in [2.05, 4.69) is 15.4 Å². The third-order valence-corrected chi connectivity index (χ3v) is 4.44. The predicted molar refractivity (Wildman–Crippen MR) is 102 cm³/mol. The maximum absolute atomic E-state index is 13.0. The average molecular weight is 396 g/mol. The molecule has 0 spiro atoms. The van der Waals surface area contributed by atoms with E-state index >= 15 is 0 Å². The molecule has 4 aromatic rings. The zero-order valence-corrected chi connectivity index (χ0v) is 15.0. The number of anilines is 1. The number of para-hydroxylation sites is 1. The Kier molecular flexibility index (Phi) is 4.75. The van der Waals surface area contributed by atoms with Crippen molar-refractivity contribution in [1.29, 1.82) is 0 Å². The summed E-state index contributed by atoms with van der Waals surface area (Å²) in [7, 11) is 0. The van der Waals surface area contributed by atoms with Crippen LogP contribution in [-0.2, 0) is 17.4 Å². The monoisotopic (exact) mass is 396 g/mol. The van der Waals surface area contributed by atoms with Crippen molar-refractivity contribution in [2.24, 2.45) is 0 Å². The van der Waals surface area contributed by atoms with Gasteiger partial charge in [-0.15, -0.1) is 0 Å². The number of carbonyl (C=O) groups excluding carboxylic acids is 1. The van der Waals surface area contributed by atoms with Gasteiger partial charge in [-0.1, -0.05) is 36.4 Å². The van der Waals surface area contributed by atoms with Crippen LogP contribution in [0.1, 0.15) is 11.1 Å². The highest BCUT2D eigenvalue weighted by molar-refractivity contribution is 5.93. The van der Waals surface area contributed by atoms with Crippen molar-refractivity contribution in [3.05, 3.63) is 84.3 Å². The van der Waals surface area contributed by atoms with E-state index in [0.717, 1.165) is 17.2 Å². The fourth-order valence-corrected chi connectivity index (χ4v) is 3.03. The first-order chi connectivity index (χ1) is 13.9. The topological polar surface area (TPSA) is 59.3 Å². The first-order valence-electron chi connectivity index (χ1n) is 8.75. The molecule has 0 saturated heterocycles. The van der Waals surface area contributed by atoms with E-state index in [-0.39, 0.29) is 12.1 Å². The van der Waals surface area contributed by atoms with Gasteiger partial charge >= 0.3 is 6.18 Å². The molecule has 8 heteroatoms. The van der Waals surface area contributed by atoms with E-state index in [9.17, 15) is 18.0 Å². The standard InChI is InChI=1S/C21H15F3N4O/c22-21(23,24)17-3-1-2-4-18(17)27-20(29)11-14-5-7-15(8-6-14)16-9-10-28-19(12-16)25-13-26-28/h1-10,12-13H,11H2,(H,27,29). The molecule has 0 aliphatic rings. The highest BCUT2D eigenvalue weighted by atomic mass is 19.4. The number of carbonyl (C=O) groups is 1. The molecule has 0 saturated carbocycles. The van der Waals surface area contributed by atoms with E-state index in [4.69, 9.17) is 0 Å². The zero-order valence-electron chi connectivity index (χ0n) is 15.0. The summed E-state index contributed by atoms with van der Waals surface area (Å²) in [4.78, 5) is 16.4. The summed E-state index contributed by atoms with van der Waals surface area (Å²) < 4.78 is 40.8. The second kappa shape index (κ2) is 7.38. The number of rotatable bonds is 4. The van der Waals surface area contributed by atoms with Gasteiger partial charge in [-0.25, -0.2) is 9.50 Å².